The molecule has 116 valence electrons. The lowest BCUT2D eigenvalue weighted by molar-refractivity contribution is -0.147. The molecule has 0 aliphatic carbocycles. The zero-order chi connectivity index (χ0) is 15.7. The Balaban J connectivity index is 2.38. The fourth-order valence-corrected chi connectivity index (χ4v) is 1.68. The normalized spacial score (nSPS) is 9.86. The largest absolute Gasteiger partial charge is 0.497 e. The Labute approximate surface area is 124 Å². The predicted molar refractivity (Wildman–Crippen MR) is 77.4 cm³/mol. The molecule has 0 atom stereocenters. The number of hydrogen-bond donors (Lipinski definition) is 0. The molecule has 0 radical (unpaired) electrons. The minimum Gasteiger partial charge on any atom is -0.497 e. The highest BCUT2D eigenvalue weighted by molar-refractivity contribution is 5.82. The summed E-state index contributed by atoms with van der Waals surface area (Å²) in [5, 5.41) is 0. The zero-order valence-corrected chi connectivity index (χ0v) is 12.6. The van der Waals surface area contributed by atoms with Crippen LogP contribution >= 0.6 is 0 Å². The van der Waals surface area contributed by atoms with Gasteiger partial charge in [-0.2, -0.15) is 0 Å². The lowest BCUT2D eigenvalue weighted by atomic mass is 10.3. The summed E-state index contributed by atoms with van der Waals surface area (Å²) in [6.07, 6.45) is 0.205. The third kappa shape index (κ3) is 5.72. The van der Waals surface area contributed by atoms with E-state index in [1.807, 2.05) is 6.92 Å². The lowest BCUT2D eigenvalue weighted by Gasteiger charge is -2.19. The van der Waals surface area contributed by atoms with Crippen molar-refractivity contribution in [1.82, 2.24) is 4.90 Å². The Bertz CT molecular complexity index is 458. The molecule has 0 bridgehead atoms. The van der Waals surface area contributed by atoms with Crippen molar-refractivity contribution in [3.63, 3.8) is 0 Å². The van der Waals surface area contributed by atoms with Crippen LogP contribution in [0.2, 0.25) is 0 Å². The highest BCUT2D eigenvalue weighted by Gasteiger charge is 2.15. The second kappa shape index (κ2) is 8.84. The number of esters is 1. The molecule has 0 unspecified atom stereocenters. The maximum atomic E-state index is 11.9. The molecular weight excluding hydrogens is 274 g/mol. The van der Waals surface area contributed by atoms with E-state index < -0.39 is 5.97 Å². The molecule has 0 N–H and O–H groups in total. The number of carbonyl (C=O) groups excluding carboxylic acids is 2. The minimum atomic E-state index is -0.429. The van der Waals surface area contributed by atoms with Crippen molar-refractivity contribution in [3.05, 3.63) is 24.3 Å². The van der Waals surface area contributed by atoms with Gasteiger partial charge in [0.2, 0.25) is 5.91 Å². The summed E-state index contributed by atoms with van der Waals surface area (Å²) >= 11 is 0. The molecule has 0 aliphatic rings. The van der Waals surface area contributed by atoms with E-state index in [1.54, 1.807) is 31.4 Å². The van der Waals surface area contributed by atoms with Gasteiger partial charge in [0.05, 0.1) is 27.2 Å². The van der Waals surface area contributed by atoms with Gasteiger partial charge in [0.1, 0.15) is 18.0 Å². The van der Waals surface area contributed by atoms with E-state index in [-0.39, 0.29) is 25.5 Å². The van der Waals surface area contributed by atoms with E-state index in [0.29, 0.717) is 12.3 Å². The number of nitrogens with zero attached hydrogens (tertiary/aromatic N) is 1. The van der Waals surface area contributed by atoms with E-state index in [9.17, 15) is 9.59 Å². The standard InChI is InChI=1S/C15H21NO5/c1-4-16(11-15(18)20-3)14(17)9-10-21-13-7-5-12(19-2)6-8-13/h5-8H,4,9-11H2,1-3H3. The molecule has 0 saturated carbocycles. The predicted octanol–water partition coefficient (Wildman–Crippen LogP) is 1.49. The highest BCUT2D eigenvalue weighted by Crippen LogP contribution is 2.17. The Morgan fingerprint density at radius 2 is 1.71 bits per heavy atom. The average molecular weight is 295 g/mol. The van der Waals surface area contributed by atoms with Crippen LogP contribution in [-0.2, 0) is 14.3 Å². The molecule has 0 aliphatic heterocycles. The quantitative estimate of drug-likeness (QED) is 0.680. The van der Waals surface area contributed by atoms with Crippen molar-refractivity contribution in [2.24, 2.45) is 0 Å². The van der Waals surface area contributed by atoms with Crippen molar-refractivity contribution >= 4 is 11.9 Å². The highest BCUT2D eigenvalue weighted by atomic mass is 16.5. The summed E-state index contributed by atoms with van der Waals surface area (Å²) in [5.74, 6) is 0.839. The van der Waals surface area contributed by atoms with E-state index in [0.717, 1.165) is 5.75 Å². The van der Waals surface area contributed by atoms with Crippen molar-refractivity contribution in [2.45, 2.75) is 13.3 Å². The second-order valence-corrected chi connectivity index (χ2v) is 4.26. The SMILES string of the molecule is CCN(CC(=O)OC)C(=O)CCOc1ccc(OC)cc1. The van der Waals surface area contributed by atoms with Gasteiger partial charge < -0.3 is 19.1 Å². The van der Waals surface area contributed by atoms with Crippen molar-refractivity contribution in [2.75, 3.05) is 33.9 Å². The third-order valence-electron chi connectivity index (χ3n) is 2.93. The lowest BCUT2D eigenvalue weighted by Crippen LogP contribution is -2.36. The van der Waals surface area contributed by atoms with Gasteiger partial charge in [-0.1, -0.05) is 0 Å². The van der Waals surface area contributed by atoms with Crippen LogP contribution in [0.4, 0.5) is 0 Å². The molecule has 1 rings (SSSR count). The average Bonchev–Trinajstić information content (AvgIpc) is 2.52. The number of benzene rings is 1. The molecule has 0 heterocycles. The number of rotatable bonds is 8. The summed E-state index contributed by atoms with van der Waals surface area (Å²) in [5.41, 5.74) is 0. The molecule has 1 aromatic rings. The number of methoxy groups -OCH3 is 2. The van der Waals surface area contributed by atoms with Crippen LogP contribution < -0.4 is 9.47 Å². The van der Waals surface area contributed by atoms with E-state index >= 15 is 0 Å². The number of hydrogen-bond acceptors (Lipinski definition) is 5. The Morgan fingerprint density at radius 1 is 1.10 bits per heavy atom. The number of carbonyl (C=O) groups is 2. The first-order chi connectivity index (χ1) is 10.1. The van der Waals surface area contributed by atoms with Crippen LogP contribution in [0.5, 0.6) is 11.5 Å². The summed E-state index contributed by atoms with van der Waals surface area (Å²) in [4.78, 5) is 24.6. The first kappa shape index (κ1) is 16.8. The molecule has 0 saturated heterocycles. The molecular formula is C15H21NO5. The van der Waals surface area contributed by atoms with Gasteiger partial charge in [-0.05, 0) is 31.2 Å². The van der Waals surface area contributed by atoms with Crippen molar-refractivity contribution in [1.29, 1.82) is 0 Å². The van der Waals surface area contributed by atoms with Gasteiger partial charge in [-0.3, -0.25) is 9.59 Å². The summed E-state index contributed by atoms with van der Waals surface area (Å²) < 4.78 is 15.1. The van der Waals surface area contributed by atoms with Crippen molar-refractivity contribution in [3.8, 4) is 11.5 Å². The molecule has 6 heteroatoms. The number of amides is 1. The fraction of sp³-hybridized carbons (Fsp3) is 0.467. The van der Waals surface area contributed by atoms with Gasteiger partial charge in [0, 0.05) is 6.54 Å². The second-order valence-electron chi connectivity index (χ2n) is 4.26. The Hall–Kier alpha value is -2.24. The zero-order valence-electron chi connectivity index (χ0n) is 12.6. The van der Waals surface area contributed by atoms with Crippen LogP contribution in [0.25, 0.3) is 0 Å². The first-order valence-electron chi connectivity index (χ1n) is 6.72. The maximum Gasteiger partial charge on any atom is 0.325 e. The van der Waals surface area contributed by atoms with E-state index in [1.165, 1.54) is 12.0 Å². The van der Waals surface area contributed by atoms with Gasteiger partial charge in [0.15, 0.2) is 0 Å². The summed E-state index contributed by atoms with van der Waals surface area (Å²) in [7, 11) is 2.89. The van der Waals surface area contributed by atoms with Crippen LogP contribution in [0.15, 0.2) is 24.3 Å². The third-order valence-corrected chi connectivity index (χ3v) is 2.93. The molecule has 0 aromatic heterocycles. The Kier molecular flexibility index (Phi) is 7.08. The van der Waals surface area contributed by atoms with Crippen LogP contribution in [0.1, 0.15) is 13.3 Å². The first-order valence-corrected chi connectivity index (χ1v) is 6.72. The number of likely N-dealkylation sites (N-methyl/N-ethyl adjacent to an activating group) is 1. The fourth-order valence-electron chi connectivity index (χ4n) is 1.68. The monoisotopic (exact) mass is 295 g/mol. The topological polar surface area (TPSA) is 65.1 Å². The summed E-state index contributed by atoms with van der Waals surface area (Å²) in [6.45, 7) is 2.48. The number of ether oxygens (including phenoxy) is 3. The van der Waals surface area contributed by atoms with Gasteiger partial charge in [-0.25, -0.2) is 0 Å². The van der Waals surface area contributed by atoms with Crippen LogP contribution in [0.3, 0.4) is 0 Å². The molecule has 0 fully saturated rings. The van der Waals surface area contributed by atoms with Gasteiger partial charge in [0.25, 0.3) is 0 Å². The van der Waals surface area contributed by atoms with E-state index in [2.05, 4.69) is 4.74 Å². The van der Waals surface area contributed by atoms with E-state index in [4.69, 9.17) is 9.47 Å². The van der Waals surface area contributed by atoms with Crippen molar-refractivity contribution < 1.29 is 23.8 Å². The molecule has 6 nitrogen and oxygen atoms in total. The molecule has 1 amide bonds. The van der Waals surface area contributed by atoms with Crippen LogP contribution in [0, 0.1) is 0 Å². The molecule has 0 spiro atoms. The van der Waals surface area contributed by atoms with Gasteiger partial charge in [-0.15, -0.1) is 0 Å². The molecule has 1 aromatic carbocycles. The van der Waals surface area contributed by atoms with Crippen LogP contribution in [-0.4, -0.2) is 50.7 Å². The molecule has 21 heavy (non-hydrogen) atoms. The summed E-state index contributed by atoms with van der Waals surface area (Å²) in [6, 6.07) is 7.12. The maximum absolute atomic E-state index is 11.9. The smallest absolute Gasteiger partial charge is 0.325 e. The van der Waals surface area contributed by atoms with Gasteiger partial charge >= 0.3 is 5.97 Å². The minimum absolute atomic E-state index is 0.0334. The Morgan fingerprint density at radius 3 is 2.24 bits per heavy atom.